The number of hydrogen-bond acceptors (Lipinski definition) is 4. The molecule has 33 heavy (non-hydrogen) atoms. The summed E-state index contributed by atoms with van der Waals surface area (Å²) in [6, 6.07) is 25.3. The third kappa shape index (κ3) is 5.30. The first-order chi connectivity index (χ1) is 16.2. The summed E-state index contributed by atoms with van der Waals surface area (Å²) in [6.45, 7) is 0.468. The molecule has 0 bridgehead atoms. The number of rotatable bonds is 8. The van der Waals surface area contributed by atoms with Crippen molar-refractivity contribution in [3.63, 3.8) is 0 Å². The van der Waals surface area contributed by atoms with E-state index in [1.807, 2.05) is 85.1 Å². The fourth-order valence-corrected chi connectivity index (χ4v) is 3.44. The quantitative estimate of drug-likeness (QED) is 0.397. The monoisotopic (exact) mass is 439 g/mol. The minimum absolute atomic E-state index is 0.176. The van der Waals surface area contributed by atoms with Crippen molar-refractivity contribution in [1.82, 2.24) is 15.1 Å². The molecule has 0 aliphatic rings. The van der Waals surface area contributed by atoms with Crippen LogP contribution in [-0.2, 0) is 11.3 Å². The Morgan fingerprint density at radius 3 is 2.33 bits per heavy atom. The molecule has 1 N–H and O–H groups in total. The molecule has 1 heterocycles. The Balaban J connectivity index is 1.64. The standard InChI is InChI=1S/C27H25N3O3/c1-32-24-15-13-21(17-25(24)33-2)27-22(19-30(29-27)23-11-7-4-8-12-23)14-16-26(31)28-18-20-9-5-3-6-10-20/h3-17,19H,18H2,1-2H3,(H,28,31)/b16-14+. The van der Waals surface area contributed by atoms with Gasteiger partial charge in [-0.1, -0.05) is 48.5 Å². The van der Waals surface area contributed by atoms with Gasteiger partial charge in [0.15, 0.2) is 11.5 Å². The molecule has 166 valence electrons. The van der Waals surface area contributed by atoms with E-state index in [4.69, 9.17) is 14.6 Å². The maximum atomic E-state index is 12.4. The van der Waals surface area contributed by atoms with E-state index < -0.39 is 0 Å². The lowest BCUT2D eigenvalue weighted by molar-refractivity contribution is -0.116. The van der Waals surface area contributed by atoms with Gasteiger partial charge in [-0.15, -0.1) is 0 Å². The van der Waals surface area contributed by atoms with Crippen LogP contribution < -0.4 is 14.8 Å². The number of amides is 1. The largest absolute Gasteiger partial charge is 0.493 e. The molecule has 4 rings (SSSR count). The van der Waals surface area contributed by atoms with Crippen LogP contribution in [0.1, 0.15) is 11.1 Å². The first kappa shape index (κ1) is 21.9. The van der Waals surface area contributed by atoms with E-state index in [1.54, 1.807) is 25.0 Å². The predicted molar refractivity (Wildman–Crippen MR) is 129 cm³/mol. The number of benzene rings is 3. The Bertz CT molecular complexity index is 1250. The number of aromatic nitrogens is 2. The molecule has 0 aliphatic heterocycles. The fourth-order valence-electron chi connectivity index (χ4n) is 3.44. The van der Waals surface area contributed by atoms with E-state index in [1.165, 1.54) is 6.08 Å². The lowest BCUT2D eigenvalue weighted by Crippen LogP contribution is -2.20. The maximum Gasteiger partial charge on any atom is 0.244 e. The Hall–Kier alpha value is -4.32. The van der Waals surface area contributed by atoms with E-state index >= 15 is 0 Å². The molecule has 6 nitrogen and oxygen atoms in total. The van der Waals surface area contributed by atoms with Crippen molar-refractivity contribution in [1.29, 1.82) is 0 Å². The highest BCUT2D eigenvalue weighted by molar-refractivity contribution is 5.92. The van der Waals surface area contributed by atoms with Crippen LogP contribution in [0.15, 0.2) is 91.1 Å². The molecule has 1 aromatic heterocycles. The van der Waals surface area contributed by atoms with Crippen LogP contribution in [0.3, 0.4) is 0 Å². The van der Waals surface area contributed by atoms with Gasteiger partial charge in [0, 0.05) is 29.9 Å². The van der Waals surface area contributed by atoms with Crippen molar-refractivity contribution in [2.75, 3.05) is 14.2 Å². The third-order valence-electron chi connectivity index (χ3n) is 5.14. The molecule has 0 atom stereocenters. The van der Waals surface area contributed by atoms with Gasteiger partial charge in [-0.25, -0.2) is 4.68 Å². The van der Waals surface area contributed by atoms with E-state index in [0.717, 1.165) is 28.1 Å². The summed E-state index contributed by atoms with van der Waals surface area (Å²) in [4.78, 5) is 12.4. The lowest BCUT2D eigenvalue weighted by atomic mass is 10.1. The summed E-state index contributed by atoms with van der Waals surface area (Å²) in [6.07, 6.45) is 5.21. The van der Waals surface area contributed by atoms with Crippen molar-refractivity contribution in [2.45, 2.75) is 6.54 Å². The summed E-state index contributed by atoms with van der Waals surface area (Å²) in [7, 11) is 3.20. The fraction of sp³-hybridized carbons (Fsp3) is 0.111. The number of nitrogens with zero attached hydrogens (tertiary/aromatic N) is 2. The topological polar surface area (TPSA) is 65.4 Å². The molecule has 0 aliphatic carbocycles. The summed E-state index contributed by atoms with van der Waals surface area (Å²) < 4.78 is 12.6. The van der Waals surface area contributed by atoms with E-state index in [0.29, 0.717) is 18.0 Å². The van der Waals surface area contributed by atoms with Gasteiger partial charge in [-0.05, 0) is 42.0 Å². The Morgan fingerprint density at radius 1 is 0.939 bits per heavy atom. The number of hydrogen-bond donors (Lipinski definition) is 1. The molecule has 0 fully saturated rings. The van der Waals surface area contributed by atoms with Crippen molar-refractivity contribution < 1.29 is 14.3 Å². The highest BCUT2D eigenvalue weighted by atomic mass is 16.5. The molecule has 3 aromatic carbocycles. The zero-order chi connectivity index (χ0) is 23.0. The molecule has 4 aromatic rings. The summed E-state index contributed by atoms with van der Waals surface area (Å²) >= 11 is 0. The number of methoxy groups -OCH3 is 2. The van der Waals surface area contributed by atoms with Gasteiger partial charge in [-0.3, -0.25) is 4.79 Å². The zero-order valence-electron chi connectivity index (χ0n) is 18.6. The SMILES string of the molecule is COc1ccc(-c2nn(-c3ccccc3)cc2/C=C/C(=O)NCc2ccccc2)cc1OC. The normalized spacial score (nSPS) is 10.8. The molecule has 1 amide bonds. The van der Waals surface area contributed by atoms with Gasteiger partial charge in [0.1, 0.15) is 5.69 Å². The van der Waals surface area contributed by atoms with Gasteiger partial charge < -0.3 is 14.8 Å². The number of carbonyl (C=O) groups is 1. The van der Waals surface area contributed by atoms with Crippen LogP contribution in [0.5, 0.6) is 11.5 Å². The van der Waals surface area contributed by atoms with Crippen LogP contribution in [-0.4, -0.2) is 29.9 Å². The summed E-state index contributed by atoms with van der Waals surface area (Å²) in [5.74, 6) is 1.07. The second-order valence-electron chi connectivity index (χ2n) is 7.32. The average molecular weight is 440 g/mol. The van der Waals surface area contributed by atoms with Gasteiger partial charge in [-0.2, -0.15) is 5.10 Å². The van der Waals surface area contributed by atoms with Gasteiger partial charge in [0.25, 0.3) is 0 Å². The second-order valence-corrected chi connectivity index (χ2v) is 7.32. The minimum Gasteiger partial charge on any atom is -0.493 e. The van der Waals surface area contributed by atoms with Crippen molar-refractivity contribution in [3.05, 3.63) is 102 Å². The first-order valence-electron chi connectivity index (χ1n) is 10.6. The molecule has 6 heteroatoms. The zero-order valence-corrected chi connectivity index (χ0v) is 18.6. The molecular formula is C27H25N3O3. The maximum absolute atomic E-state index is 12.4. The minimum atomic E-state index is -0.176. The molecule has 0 radical (unpaired) electrons. The third-order valence-corrected chi connectivity index (χ3v) is 5.14. The Labute approximate surface area is 193 Å². The van der Waals surface area contributed by atoms with Gasteiger partial charge in [0.05, 0.1) is 19.9 Å². The highest BCUT2D eigenvalue weighted by Gasteiger charge is 2.14. The molecule has 0 spiro atoms. The smallest absolute Gasteiger partial charge is 0.244 e. The summed E-state index contributed by atoms with van der Waals surface area (Å²) in [5.41, 5.74) is 4.36. The first-order valence-corrected chi connectivity index (χ1v) is 10.6. The van der Waals surface area contributed by atoms with E-state index in [9.17, 15) is 4.79 Å². The highest BCUT2D eigenvalue weighted by Crippen LogP contribution is 2.33. The van der Waals surface area contributed by atoms with Crippen molar-refractivity contribution in [2.24, 2.45) is 0 Å². The molecular weight excluding hydrogens is 414 g/mol. The Morgan fingerprint density at radius 2 is 1.64 bits per heavy atom. The van der Waals surface area contributed by atoms with Crippen LogP contribution in [0.4, 0.5) is 0 Å². The van der Waals surface area contributed by atoms with Gasteiger partial charge in [0.2, 0.25) is 5.91 Å². The summed E-state index contributed by atoms with van der Waals surface area (Å²) in [5, 5.41) is 7.70. The van der Waals surface area contributed by atoms with Crippen LogP contribution in [0.25, 0.3) is 23.0 Å². The van der Waals surface area contributed by atoms with Crippen LogP contribution in [0.2, 0.25) is 0 Å². The van der Waals surface area contributed by atoms with Crippen LogP contribution >= 0.6 is 0 Å². The van der Waals surface area contributed by atoms with Gasteiger partial charge >= 0.3 is 0 Å². The average Bonchev–Trinajstić information content (AvgIpc) is 3.31. The van der Waals surface area contributed by atoms with E-state index in [-0.39, 0.29) is 5.91 Å². The number of carbonyl (C=O) groups excluding carboxylic acids is 1. The van der Waals surface area contributed by atoms with Crippen LogP contribution in [0, 0.1) is 0 Å². The molecule has 0 saturated carbocycles. The number of ether oxygens (including phenoxy) is 2. The number of nitrogens with one attached hydrogen (secondary N) is 1. The lowest BCUT2D eigenvalue weighted by Gasteiger charge is -2.09. The van der Waals surface area contributed by atoms with Crippen molar-refractivity contribution >= 4 is 12.0 Å². The second kappa shape index (κ2) is 10.3. The van der Waals surface area contributed by atoms with Crippen molar-refractivity contribution in [3.8, 4) is 28.4 Å². The number of para-hydroxylation sites is 1. The molecule has 0 unspecified atom stereocenters. The molecule has 0 saturated heterocycles. The van der Waals surface area contributed by atoms with E-state index in [2.05, 4.69) is 5.32 Å². The predicted octanol–water partition coefficient (Wildman–Crippen LogP) is 4.89. The Kier molecular flexibility index (Phi) is 6.85.